The molecule has 0 spiro atoms. The van der Waals surface area contributed by atoms with Gasteiger partial charge in [-0.1, -0.05) is 121 Å². The summed E-state index contributed by atoms with van der Waals surface area (Å²) in [6.07, 6.45) is 20.5. The maximum Gasteiger partial charge on any atom is 0.170 e. The molecule has 0 bridgehead atoms. The summed E-state index contributed by atoms with van der Waals surface area (Å²) in [7, 11) is 0. The number of aryl methyl sites for hydroxylation is 1. The van der Waals surface area contributed by atoms with Crippen LogP contribution < -0.4 is 0 Å². The van der Waals surface area contributed by atoms with Crippen molar-refractivity contribution in [2.24, 2.45) is 0 Å². The maximum absolute atomic E-state index is 12.1. The van der Waals surface area contributed by atoms with Crippen molar-refractivity contribution in [3.63, 3.8) is 0 Å². The number of hydrogen-bond acceptors (Lipinski definition) is 2. The summed E-state index contributed by atoms with van der Waals surface area (Å²) in [5, 5.41) is 0. The lowest BCUT2D eigenvalue weighted by atomic mass is 10.0. The van der Waals surface area contributed by atoms with Crippen LogP contribution in [-0.2, 0) is 4.79 Å². The van der Waals surface area contributed by atoms with Gasteiger partial charge in [0, 0.05) is 12.0 Å². The monoisotopic (exact) mass is 400 g/mol. The lowest BCUT2D eigenvalue weighted by Crippen LogP contribution is -2.08. The van der Waals surface area contributed by atoms with Crippen LogP contribution in [0.2, 0.25) is 0 Å². The van der Waals surface area contributed by atoms with E-state index in [0.717, 1.165) is 18.4 Å². The van der Waals surface area contributed by atoms with Gasteiger partial charge >= 0.3 is 0 Å². The van der Waals surface area contributed by atoms with Gasteiger partial charge < -0.3 is 0 Å². The molecular formula is C27H44O2. The van der Waals surface area contributed by atoms with Gasteiger partial charge in [-0.05, 0) is 19.4 Å². The number of benzene rings is 1. The molecule has 1 aromatic rings. The second-order valence-electron chi connectivity index (χ2n) is 8.71. The zero-order valence-electron chi connectivity index (χ0n) is 19.1. The van der Waals surface area contributed by atoms with Crippen LogP contribution >= 0.6 is 0 Å². The molecule has 0 heterocycles. The number of unbranched alkanes of at least 4 members (excludes halogenated alkanes) is 14. The van der Waals surface area contributed by atoms with E-state index in [-0.39, 0.29) is 18.0 Å². The van der Waals surface area contributed by atoms with Crippen molar-refractivity contribution in [1.82, 2.24) is 0 Å². The Hall–Kier alpha value is -1.44. The first-order valence-electron chi connectivity index (χ1n) is 12.2. The van der Waals surface area contributed by atoms with Crippen molar-refractivity contribution in [1.29, 1.82) is 0 Å². The molecule has 2 nitrogen and oxygen atoms in total. The Balaban J connectivity index is 1.88. The molecule has 1 aromatic carbocycles. The molecular weight excluding hydrogens is 356 g/mol. The molecule has 0 unspecified atom stereocenters. The molecule has 0 saturated heterocycles. The van der Waals surface area contributed by atoms with Gasteiger partial charge in [-0.15, -0.1) is 0 Å². The Morgan fingerprint density at radius 1 is 0.690 bits per heavy atom. The molecule has 0 radical (unpaired) electrons. The lowest BCUT2D eigenvalue weighted by Gasteiger charge is -2.04. The fourth-order valence-electron chi connectivity index (χ4n) is 3.88. The van der Waals surface area contributed by atoms with Crippen LogP contribution in [0.25, 0.3) is 0 Å². The molecule has 0 atom stereocenters. The third-order valence-electron chi connectivity index (χ3n) is 5.76. The van der Waals surface area contributed by atoms with Crippen LogP contribution in [-0.4, -0.2) is 11.6 Å². The highest BCUT2D eigenvalue weighted by atomic mass is 16.1. The molecule has 164 valence electrons. The molecule has 0 aliphatic carbocycles. The van der Waals surface area contributed by atoms with Crippen molar-refractivity contribution in [2.45, 2.75) is 123 Å². The topological polar surface area (TPSA) is 34.1 Å². The molecule has 0 aromatic heterocycles. The lowest BCUT2D eigenvalue weighted by molar-refractivity contribution is -0.118. The molecule has 2 heteroatoms. The summed E-state index contributed by atoms with van der Waals surface area (Å²) in [4.78, 5) is 24.2. The highest BCUT2D eigenvalue weighted by molar-refractivity contribution is 6.07. The van der Waals surface area contributed by atoms with Crippen molar-refractivity contribution >= 4 is 11.6 Å². The number of hydrogen-bond donors (Lipinski definition) is 0. The van der Waals surface area contributed by atoms with Gasteiger partial charge in [0.15, 0.2) is 5.78 Å². The third-order valence-corrected chi connectivity index (χ3v) is 5.76. The molecule has 0 aliphatic rings. The molecule has 1 rings (SSSR count). The van der Waals surface area contributed by atoms with Gasteiger partial charge in [0.2, 0.25) is 0 Å². The first kappa shape index (κ1) is 25.6. The highest BCUT2D eigenvalue weighted by Gasteiger charge is 2.11. The van der Waals surface area contributed by atoms with Crippen molar-refractivity contribution < 1.29 is 9.59 Å². The smallest absolute Gasteiger partial charge is 0.170 e. The summed E-state index contributed by atoms with van der Waals surface area (Å²) >= 11 is 0. The average molecular weight is 401 g/mol. The highest BCUT2D eigenvalue weighted by Crippen LogP contribution is 2.14. The Kier molecular flexibility index (Phi) is 15.4. The minimum atomic E-state index is -0.0420. The average Bonchev–Trinajstić information content (AvgIpc) is 2.71. The van der Waals surface area contributed by atoms with Gasteiger partial charge in [0.25, 0.3) is 0 Å². The fourth-order valence-corrected chi connectivity index (χ4v) is 3.88. The summed E-state index contributed by atoms with van der Waals surface area (Å²) in [5.74, 6) is 0.0471. The van der Waals surface area contributed by atoms with Gasteiger partial charge in [0.1, 0.15) is 5.78 Å². The largest absolute Gasteiger partial charge is 0.299 e. The molecule has 0 aliphatic heterocycles. The zero-order chi connectivity index (χ0) is 21.2. The standard InChI is InChI=1S/C27H44O2/c1-3-4-5-6-7-8-9-10-11-12-13-14-15-16-17-21-26(28)23-27(29)25-20-18-19-24(2)22-25/h18-20,22H,3-17,21,23H2,1-2H3. The Labute approximate surface area is 179 Å². The van der Waals surface area contributed by atoms with E-state index in [9.17, 15) is 9.59 Å². The van der Waals surface area contributed by atoms with E-state index in [2.05, 4.69) is 6.92 Å². The van der Waals surface area contributed by atoms with Gasteiger partial charge in [0.05, 0.1) is 6.42 Å². The summed E-state index contributed by atoms with van der Waals surface area (Å²) in [6.45, 7) is 4.24. The van der Waals surface area contributed by atoms with Crippen molar-refractivity contribution in [3.05, 3.63) is 35.4 Å². The van der Waals surface area contributed by atoms with E-state index in [0.29, 0.717) is 12.0 Å². The number of Topliss-reactive ketones (excluding diaryl/α,β-unsaturated/α-hetero) is 2. The van der Waals surface area contributed by atoms with Crippen LogP contribution in [0.1, 0.15) is 132 Å². The molecule has 0 amide bonds. The quantitative estimate of drug-likeness (QED) is 0.133. The first-order valence-corrected chi connectivity index (χ1v) is 12.2. The second kappa shape index (κ2) is 17.4. The van der Waals surface area contributed by atoms with E-state index >= 15 is 0 Å². The SMILES string of the molecule is CCCCCCCCCCCCCCCCCC(=O)CC(=O)c1cccc(C)c1. The van der Waals surface area contributed by atoms with E-state index in [4.69, 9.17) is 0 Å². The van der Waals surface area contributed by atoms with Crippen molar-refractivity contribution in [3.8, 4) is 0 Å². The fraction of sp³-hybridized carbons (Fsp3) is 0.704. The van der Waals surface area contributed by atoms with Crippen LogP contribution in [0.4, 0.5) is 0 Å². The van der Waals surface area contributed by atoms with E-state index in [1.54, 1.807) is 6.07 Å². The molecule has 0 fully saturated rings. The van der Waals surface area contributed by atoms with Crippen LogP contribution in [0, 0.1) is 6.92 Å². The number of carbonyl (C=O) groups excluding carboxylic acids is 2. The van der Waals surface area contributed by atoms with E-state index in [1.807, 2.05) is 25.1 Å². The predicted octanol–water partition coefficient (Wildman–Crippen LogP) is 8.40. The number of rotatable bonds is 19. The van der Waals surface area contributed by atoms with Crippen LogP contribution in [0.5, 0.6) is 0 Å². The van der Waals surface area contributed by atoms with Gasteiger partial charge in [-0.25, -0.2) is 0 Å². The number of ketones is 2. The Morgan fingerprint density at radius 3 is 1.66 bits per heavy atom. The first-order chi connectivity index (χ1) is 14.1. The van der Waals surface area contributed by atoms with Crippen LogP contribution in [0.15, 0.2) is 24.3 Å². The van der Waals surface area contributed by atoms with E-state index in [1.165, 1.54) is 83.5 Å². The second-order valence-corrected chi connectivity index (χ2v) is 8.71. The summed E-state index contributed by atoms with van der Waals surface area (Å²) in [5.41, 5.74) is 1.72. The Bertz CT molecular complexity index is 561. The van der Waals surface area contributed by atoms with Crippen LogP contribution in [0.3, 0.4) is 0 Å². The van der Waals surface area contributed by atoms with E-state index < -0.39 is 0 Å². The zero-order valence-corrected chi connectivity index (χ0v) is 19.1. The normalized spacial score (nSPS) is 11.0. The van der Waals surface area contributed by atoms with Crippen molar-refractivity contribution in [2.75, 3.05) is 0 Å². The maximum atomic E-state index is 12.1. The summed E-state index contributed by atoms with van der Waals surface area (Å²) < 4.78 is 0. The predicted molar refractivity (Wildman–Crippen MR) is 125 cm³/mol. The van der Waals surface area contributed by atoms with Gasteiger partial charge in [-0.2, -0.15) is 0 Å². The molecule has 0 saturated carbocycles. The molecule has 0 N–H and O–H groups in total. The van der Waals surface area contributed by atoms with Gasteiger partial charge in [-0.3, -0.25) is 9.59 Å². The third kappa shape index (κ3) is 14.2. The molecule has 29 heavy (non-hydrogen) atoms. The number of carbonyl (C=O) groups is 2. The minimum Gasteiger partial charge on any atom is -0.299 e. The Morgan fingerprint density at radius 2 is 1.17 bits per heavy atom. The summed E-state index contributed by atoms with van der Waals surface area (Å²) in [6, 6.07) is 7.51. The minimum absolute atomic E-state index is 0.0420.